The molecule has 98 valence electrons. The molecule has 2 N–H and O–H groups in total. The lowest BCUT2D eigenvalue weighted by molar-refractivity contribution is 0.723. The van der Waals surface area contributed by atoms with Gasteiger partial charge in [-0.15, -0.1) is 0 Å². The second kappa shape index (κ2) is 5.10. The Bertz CT molecular complexity index is 776. The number of aromatic nitrogens is 1. The number of rotatable bonds is 3. The quantitative estimate of drug-likeness (QED) is 0.735. The van der Waals surface area contributed by atoms with Crippen LogP contribution in [0, 0.1) is 11.3 Å². The summed E-state index contributed by atoms with van der Waals surface area (Å²) in [4.78, 5) is 0. The molecule has 3 nitrogen and oxygen atoms in total. The molecule has 0 bridgehead atoms. The zero-order valence-corrected chi connectivity index (χ0v) is 11.1. The molecule has 1 heterocycles. The van der Waals surface area contributed by atoms with Crippen LogP contribution in [0.1, 0.15) is 11.1 Å². The molecule has 20 heavy (non-hydrogen) atoms. The lowest BCUT2D eigenvalue weighted by Crippen LogP contribution is -2.00. The summed E-state index contributed by atoms with van der Waals surface area (Å²) in [7, 11) is 0. The van der Waals surface area contributed by atoms with Crippen molar-refractivity contribution in [2.75, 3.05) is 5.73 Å². The van der Waals surface area contributed by atoms with Crippen molar-refractivity contribution in [3.63, 3.8) is 0 Å². The molecule has 0 unspecified atom stereocenters. The van der Waals surface area contributed by atoms with E-state index >= 15 is 0 Å². The number of hydrogen-bond acceptors (Lipinski definition) is 2. The third-order valence-electron chi connectivity index (χ3n) is 3.52. The van der Waals surface area contributed by atoms with Crippen molar-refractivity contribution in [2.24, 2.45) is 0 Å². The molecule has 0 saturated carbocycles. The number of nitrogens with zero attached hydrogens (tertiary/aromatic N) is 2. The average Bonchev–Trinajstić information content (AvgIpc) is 2.89. The summed E-state index contributed by atoms with van der Waals surface area (Å²) in [5.41, 5.74) is 9.55. The number of nitrogens with two attached hydrogens (primary N) is 1. The lowest BCUT2D eigenvalue weighted by Gasteiger charge is -2.06. The minimum atomic E-state index is 0.699. The van der Waals surface area contributed by atoms with E-state index in [1.54, 1.807) is 0 Å². The fourth-order valence-corrected chi connectivity index (χ4v) is 2.38. The maximum Gasteiger partial charge on any atom is 0.0992 e. The molecule has 0 saturated heterocycles. The van der Waals surface area contributed by atoms with Gasteiger partial charge in [-0.1, -0.05) is 18.2 Å². The Morgan fingerprint density at radius 2 is 1.85 bits per heavy atom. The number of anilines is 1. The van der Waals surface area contributed by atoms with Crippen molar-refractivity contribution < 1.29 is 0 Å². The Balaban J connectivity index is 1.84. The minimum Gasteiger partial charge on any atom is -0.399 e. The molecule has 0 aliphatic heterocycles. The molecule has 0 fully saturated rings. The van der Waals surface area contributed by atoms with Crippen molar-refractivity contribution >= 4 is 16.6 Å². The third kappa shape index (κ3) is 2.36. The van der Waals surface area contributed by atoms with E-state index in [0.717, 1.165) is 24.2 Å². The Hall–Kier alpha value is -2.73. The van der Waals surface area contributed by atoms with E-state index in [1.165, 1.54) is 10.9 Å². The van der Waals surface area contributed by atoms with E-state index < -0.39 is 0 Å². The summed E-state index contributed by atoms with van der Waals surface area (Å²) in [5, 5.41) is 10.2. The highest BCUT2D eigenvalue weighted by Gasteiger charge is 2.03. The van der Waals surface area contributed by atoms with Crippen molar-refractivity contribution in [1.82, 2.24) is 4.57 Å². The highest BCUT2D eigenvalue weighted by Crippen LogP contribution is 2.18. The normalized spacial score (nSPS) is 10.6. The molecule has 2 aromatic carbocycles. The Kier molecular flexibility index (Phi) is 3.14. The van der Waals surface area contributed by atoms with Gasteiger partial charge in [0.25, 0.3) is 0 Å². The van der Waals surface area contributed by atoms with Crippen LogP contribution in [-0.2, 0) is 13.0 Å². The van der Waals surface area contributed by atoms with Gasteiger partial charge in [-0.2, -0.15) is 5.26 Å². The number of aryl methyl sites for hydroxylation is 2. The van der Waals surface area contributed by atoms with Crippen molar-refractivity contribution in [2.45, 2.75) is 13.0 Å². The molecular weight excluding hydrogens is 246 g/mol. The monoisotopic (exact) mass is 261 g/mol. The van der Waals surface area contributed by atoms with Gasteiger partial charge in [-0.05, 0) is 47.7 Å². The molecule has 0 aliphatic rings. The van der Waals surface area contributed by atoms with Crippen LogP contribution < -0.4 is 5.73 Å². The summed E-state index contributed by atoms with van der Waals surface area (Å²) in [6, 6.07) is 18.0. The number of fused-ring (bicyclic) bond motifs is 1. The van der Waals surface area contributed by atoms with Crippen LogP contribution in [0.2, 0.25) is 0 Å². The van der Waals surface area contributed by atoms with Crippen molar-refractivity contribution in [3.05, 3.63) is 65.9 Å². The topological polar surface area (TPSA) is 54.7 Å². The third-order valence-corrected chi connectivity index (χ3v) is 3.52. The summed E-state index contributed by atoms with van der Waals surface area (Å²) < 4.78 is 2.19. The van der Waals surface area contributed by atoms with Gasteiger partial charge in [0.2, 0.25) is 0 Å². The largest absolute Gasteiger partial charge is 0.399 e. The summed E-state index contributed by atoms with van der Waals surface area (Å²) in [6.45, 7) is 0.891. The predicted molar refractivity (Wildman–Crippen MR) is 81.2 cm³/mol. The summed E-state index contributed by atoms with van der Waals surface area (Å²) >= 11 is 0. The van der Waals surface area contributed by atoms with Gasteiger partial charge in [0, 0.05) is 23.9 Å². The fourth-order valence-electron chi connectivity index (χ4n) is 2.38. The van der Waals surface area contributed by atoms with Gasteiger partial charge >= 0.3 is 0 Å². The molecule has 0 amide bonds. The van der Waals surface area contributed by atoms with Gasteiger partial charge in [0.15, 0.2) is 0 Å². The second-order valence-electron chi connectivity index (χ2n) is 4.89. The molecule has 0 radical (unpaired) electrons. The van der Waals surface area contributed by atoms with Crippen LogP contribution in [0.5, 0.6) is 0 Å². The first-order chi connectivity index (χ1) is 9.76. The molecule has 1 aromatic heterocycles. The molecule has 3 heteroatoms. The molecule has 3 rings (SSSR count). The van der Waals surface area contributed by atoms with Gasteiger partial charge in [-0.25, -0.2) is 0 Å². The fraction of sp³-hybridized carbons (Fsp3) is 0.118. The number of benzene rings is 2. The zero-order chi connectivity index (χ0) is 13.9. The van der Waals surface area contributed by atoms with Crippen LogP contribution in [0.25, 0.3) is 10.9 Å². The molecule has 0 aliphatic carbocycles. The standard InChI is InChI=1S/C17H15N3/c18-12-14-1-4-15-8-10-20(17(15)11-14)9-7-13-2-5-16(19)6-3-13/h1-6,8,10-11H,7,9,19H2. The number of hydrogen-bond donors (Lipinski definition) is 1. The van der Waals surface area contributed by atoms with E-state index in [9.17, 15) is 0 Å². The molecular formula is C17H15N3. The SMILES string of the molecule is N#Cc1ccc2ccn(CCc3ccc(N)cc3)c2c1. The predicted octanol–water partition coefficient (Wildman–Crippen LogP) is 3.34. The summed E-state index contributed by atoms with van der Waals surface area (Å²) in [5.74, 6) is 0. The van der Waals surface area contributed by atoms with Gasteiger partial charge < -0.3 is 10.3 Å². The van der Waals surface area contributed by atoms with E-state index in [0.29, 0.717) is 5.56 Å². The number of nitrogen functional groups attached to an aromatic ring is 1. The van der Waals surface area contributed by atoms with Crippen molar-refractivity contribution in [1.29, 1.82) is 5.26 Å². The molecule has 0 spiro atoms. The van der Waals surface area contributed by atoms with Gasteiger partial charge in [0.1, 0.15) is 0 Å². The van der Waals surface area contributed by atoms with Crippen molar-refractivity contribution in [3.8, 4) is 6.07 Å². The first kappa shape index (κ1) is 12.3. The zero-order valence-electron chi connectivity index (χ0n) is 11.1. The average molecular weight is 261 g/mol. The van der Waals surface area contributed by atoms with Crippen LogP contribution in [-0.4, -0.2) is 4.57 Å². The smallest absolute Gasteiger partial charge is 0.0992 e. The van der Waals surface area contributed by atoms with Gasteiger partial charge in [0.05, 0.1) is 11.6 Å². The van der Waals surface area contributed by atoms with E-state index in [2.05, 4.69) is 35.0 Å². The first-order valence-corrected chi connectivity index (χ1v) is 6.60. The van der Waals surface area contributed by atoms with E-state index in [4.69, 9.17) is 11.0 Å². The highest BCUT2D eigenvalue weighted by molar-refractivity contribution is 5.81. The molecule has 3 aromatic rings. The number of nitriles is 1. The second-order valence-corrected chi connectivity index (χ2v) is 4.89. The van der Waals surface area contributed by atoms with Crippen LogP contribution in [0.15, 0.2) is 54.7 Å². The van der Waals surface area contributed by atoms with Crippen LogP contribution in [0.4, 0.5) is 5.69 Å². The first-order valence-electron chi connectivity index (χ1n) is 6.60. The Morgan fingerprint density at radius 1 is 1.05 bits per heavy atom. The minimum absolute atomic E-state index is 0.699. The maximum atomic E-state index is 8.99. The van der Waals surface area contributed by atoms with Crippen LogP contribution in [0.3, 0.4) is 0 Å². The highest BCUT2D eigenvalue weighted by atomic mass is 14.9. The van der Waals surface area contributed by atoms with E-state index in [1.807, 2.05) is 30.3 Å². The Labute approximate surface area is 117 Å². The van der Waals surface area contributed by atoms with Crippen LogP contribution >= 0.6 is 0 Å². The van der Waals surface area contributed by atoms with E-state index in [-0.39, 0.29) is 0 Å². The van der Waals surface area contributed by atoms with Gasteiger partial charge in [-0.3, -0.25) is 0 Å². The Morgan fingerprint density at radius 3 is 2.60 bits per heavy atom. The maximum absolute atomic E-state index is 8.99. The lowest BCUT2D eigenvalue weighted by atomic mass is 10.1. The summed E-state index contributed by atoms with van der Waals surface area (Å²) in [6.07, 6.45) is 3.02. The molecule has 0 atom stereocenters.